The molecule has 4 unspecified atom stereocenters. The Bertz CT molecular complexity index is 155. The molecule has 0 amide bonds. The van der Waals surface area contributed by atoms with E-state index in [0.717, 1.165) is 23.9 Å². The number of nitrogens with one attached hydrogen (secondary N) is 1. The maximum Gasteiger partial charge on any atom is 0.0123 e. The van der Waals surface area contributed by atoms with E-state index in [0.29, 0.717) is 0 Å². The second-order valence-corrected chi connectivity index (χ2v) is 4.84. The highest BCUT2D eigenvalue weighted by Gasteiger charge is 2.34. The van der Waals surface area contributed by atoms with Crippen LogP contribution in [0.3, 0.4) is 0 Å². The largest absolute Gasteiger partial charge is 0.311 e. The minimum atomic E-state index is 0.770. The first-order valence-corrected chi connectivity index (χ1v) is 5.53. The summed E-state index contributed by atoms with van der Waals surface area (Å²) in [6.45, 7) is 4.75. The first kappa shape index (κ1) is 8.55. The number of hydrogen-bond acceptors (Lipinski definition) is 1. The Balaban J connectivity index is 2.00. The fourth-order valence-corrected chi connectivity index (χ4v) is 3.03. The third-order valence-electron chi connectivity index (χ3n) is 3.80. The summed E-state index contributed by atoms with van der Waals surface area (Å²) in [7, 11) is 0. The van der Waals surface area contributed by atoms with Crippen LogP contribution in [0.1, 0.15) is 46.0 Å². The molecule has 1 nitrogen and oxygen atoms in total. The molecule has 12 heavy (non-hydrogen) atoms. The average Bonchev–Trinajstić information content (AvgIpc) is 2.07. The molecule has 1 heterocycles. The Kier molecular flexibility index (Phi) is 2.40. The van der Waals surface area contributed by atoms with Crippen LogP contribution < -0.4 is 5.32 Å². The summed E-state index contributed by atoms with van der Waals surface area (Å²) in [6, 6.07) is 1.62. The zero-order valence-electron chi connectivity index (χ0n) is 8.34. The summed E-state index contributed by atoms with van der Waals surface area (Å²) in [5.41, 5.74) is 0. The van der Waals surface area contributed by atoms with Gasteiger partial charge in [-0.25, -0.2) is 0 Å². The summed E-state index contributed by atoms with van der Waals surface area (Å²) < 4.78 is 0. The zero-order valence-corrected chi connectivity index (χ0v) is 8.34. The van der Waals surface area contributed by atoms with Gasteiger partial charge < -0.3 is 5.32 Å². The molecule has 0 aromatic carbocycles. The standard InChI is InChI=1S/C11H21N/c1-8-4-3-5-10-7-6-9(2)12-11(8)10/h8-12H,3-7H2,1-2H3. The SMILES string of the molecule is CC1CCC2CCCC(C)C2N1. The normalized spacial score (nSPS) is 48.5. The predicted molar refractivity (Wildman–Crippen MR) is 52.1 cm³/mol. The predicted octanol–water partition coefficient (Wildman–Crippen LogP) is 2.56. The van der Waals surface area contributed by atoms with E-state index in [9.17, 15) is 0 Å². The fourth-order valence-electron chi connectivity index (χ4n) is 3.03. The van der Waals surface area contributed by atoms with Crippen molar-refractivity contribution in [1.82, 2.24) is 5.32 Å². The van der Waals surface area contributed by atoms with Crippen LogP contribution in [-0.2, 0) is 0 Å². The maximum absolute atomic E-state index is 3.77. The van der Waals surface area contributed by atoms with Gasteiger partial charge in [-0.3, -0.25) is 0 Å². The number of hydrogen-bond donors (Lipinski definition) is 1. The molecule has 70 valence electrons. The van der Waals surface area contributed by atoms with Crippen molar-refractivity contribution in [1.29, 1.82) is 0 Å². The average molecular weight is 167 g/mol. The number of piperidine rings is 1. The van der Waals surface area contributed by atoms with E-state index >= 15 is 0 Å². The lowest BCUT2D eigenvalue weighted by Crippen LogP contribution is -2.51. The summed E-state index contributed by atoms with van der Waals surface area (Å²) in [6.07, 6.45) is 7.27. The smallest absolute Gasteiger partial charge is 0.0123 e. The molecule has 1 saturated carbocycles. The van der Waals surface area contributed by atoms with E-state index in [2.05, 4.69) is 19.2 Å². The third kappa shape index (κ3) is 1.52. The molecule has 0 bridgehead atoms. The van der Waals surface area contributed by atoms with Gasteiger partial charge in [0.1, 0.15) is 0 Å². The molecule has 0 aromatic rings. The van der Waals surface area contributed by atoms with Crippen LogP contribution in [0.15, 0.2) is 0 Å². The van der Waals surface area contributed by atoms with Gasteiger partial charge in [-0.1, -0.05) is 13.3 Å². The molecule has 0 aromatic heterocycles. The molecule has 1 heteroatoms. The second kappa shape index (κ2) is 3.37. The van der Waals surface area contributed by atoms with Gasteiger partial charge in [0.2, 0.25) is 0 Å². The van der Waals surface area contributed by atoms with Crippen molar-refractivity contribution in [3.05, 3.63) is 0 Å². The summed E-state index contributed by atoms with van der Waals surface area (Å²) >= 11 is 0. The quantitative estimate of drug-likeness (QED) is 0.584. The number of fused-ring (bicyclic) bond motifs is 1. The van der Waals surface area contributed by atoms with Crippen LogP contribution >= 0.6 is 0 Å². The van der Waals surface area contributed by atoms with E-state index in [-0.39, 0.29) is 0 Å². The van der Waals surface area contributed by atoms with Gasteiger partial charge in [0.15, 0.2) is 0 Å². The Labute approximate surface area is 75.9 Å². The summed E-state index contributed by atoms with van der Waals surface area (Å²) in [5.74, 6) is 1.93. The highest BCUT2D eigenvalue weighted by Crippen LogP contribution is 2.35. The molecule has 1 saturated heterocycles. The Morgan fingerprint density at radius 3 is 2.67 bits per heavy atom. The summed E-state index contributed by atoms with van der Waals surface area (Å²) in [5, 5.41) is 3.77. The molecule has 1 aliphatic carbocycles. The Morgan fingerprint density at radius 1 is 1.00 bits per heavy atom. The molecule has 4 atom stereocenters. The van der Waals surface area contributed by atoms with Crippen LogP contribution in [0.5, 0.6) is 0 Å². The van der Waals surface area contributed by atoms with Gasteiger partial charge in [0, 0.05) is 12.1 Å². The molecule has 0 spiro atoms. The monoisotopic (exact) mass is 167 g/mol. The van der Waals surface area contributed by atoms with Gasteiger partial charge in [0.05, 0.1) is 0 Å². The highest BCUT2D eigenvalue weighted by molar-refractivity contribution is 4.90. The van der Waals surface area contributed by atoms with E-state index in [1.165, 1.54) is 32.1 Å². The first-order chi connectivity index (χ1) is 5.77. The molecule has 1 aliphatic heterocycles. The molecular formula is C11H21N. The van der Waals surface area contributed by atoms with Gasteiger partial charge in [-0.2, -0.15) is 0 Å². The maximum atomic E-state index is 3.77. The second-order valence-electron chi connectivity index (χ2n) is 4.84. The van der Waals surface area contributed by atoms with Crippen LogP contribution in [0.2, 0.25) is 0 Å². The van der Waals surface area contributed by atoms with E-state index in [4.69, 9.17) is 0 Å². The van der Waals surface area contributed by atoms with Crippen LogP contribution in [0.25, 0.3) is 0 Å². The van der Waals surface area contributed by atoms with Crippen LogP contribution in [-0.4, -0.2) is 12.1 Å². The summed E-state index contributed by atoms with van der Waals surface area (Å²) in [4.78, 5) is 0. The lowest BCUT2D eigenvalue weighted by atomic mass is 9.73. The van der Waals surface area contributed by atoms with Gasteiger partial charge in [0.25, 0.3) is 0 Å². The molecule has 2 fully saturated rings. The van der Waals surface area contributed by atoms with Crippen molar-refractivity contribution in [2.24, 2.45) is 11.8 Å². The minimum Gasteiger partial charge on any atom is -0.311 e. The van der Waals surface area contributed by atoms with Crippen molar-refractivity contribution < 1.29 is 0 Å². The van der Waals surface area contributed by atoms with Gasteiger partial charge in [-0.15, -0.1) is 0 Å². The van der Waals surface area contributed by atoms with Crippen LogP contribution in [0, 0.1) is 11.8 Å². The van der Waals surface area contributed by atoms with Crippen LogP contribution in [0.4, 0.5) is 0 Å². The van der Waals surface area contributed by atoms with Gasteiger partial charge in [-0.05, 0) is 44.4 Å². The highest BCUT2D eigenvalue weighted by atomic mass is 15.0. The van der Waals surface area contributed by atoms with Gasteiger partial charge >= 0.3 is 0 Å². The Morgan fingerprint density at radius 2 is 1.83 bits per heavy atom. The molecular weight excluding hydrogens is 146 g/mol. The molecule has 0 radical (unpaired) electrons. The molecule has 1 N–H and O–H groups in total. The fraction of sp³-hybridized carbons (Fsp3) is 1.00. The van der Waals surface area contributed by atoms with Crippen molar-refractivity contribution in [3.63, 3.8) is 0 Å². The van der Waals surface area contributed by atoms with Crippen molar-refractivity contribution >= 4 is 0 Å². The first-order valence-electron chi connectivity index (χ1n) is 5.53. The lowest BCUT2D eigenvalue weighted by Gasteiger charge is -2.43. The lowest BCUT2D eigenvalue weighted by molar-refractivity contribution is 0.134. The topological polar surface area (TPSA) is 12.0 Å². The van der Waals surface area contributed by atoms with E-state index < -0.39 is 0 Å². The molecule has 2 rings (SSSR count). The third-order valence-corrected chi connectivity index (χ3v) is 3.80. The van der Waals surface area contributed by atoms with Crippen molar-refractivity contribution in [2.75, 3.05) is 0 Å². The van der Waals surface area contributed by atoms with E-state index in [1.54, 1.807) is 0 Å². The number of rotatable bonds is 0. The zero-order chi connectivity index (χ0) is 8.55. The Hall–Kier alpha value is -0.0400. The van der Waals surface area contributed by atoms with E-state index in [1.807, 2.05) is 0 Å². The molecule has 2 aliphatic rings. The van der Waals surface area contributed by atoms with Crippen molar-refractivity contribution in [3.8, 4) is 0 Å². The van der Waals surface area contributed by atoms with Crippen molar-refractivity contribution in [2.45, 2.75) is 58.0 Å². The minimum absolute atomic E-state index is 0.770.